The van der Waals surface area contributed by atoms with Crippen molar-refractivity contribution in [1.82, 2.24) is 0 Å². The Bertz CT molecular complexity index is 400. The van der Waals surface area contributed by atoms with Gasteiger partial charge in [0.15, 0.2) is 0 Å². The molecule has 0 aromatic carbocycles. The summed E-state index contributed by atoms with van der Waals surface area (Å²) in [5, 5.41) is 0. The first-order chi connectivity index (χ1) is 8.46. The largest absolute Gasteiger partial charge is 0.395 e. The van der Waals surface area contributed by atoms with E-state index in [1.54, 1.807) is 0 Å². The Kier molecular flexibility index (Phi) is 1.34. The van der Waals surface area contributed by atoms with Gasteiger partial charge in [-0.1, -0.05) is 12.2 Å². The summed E-state index contributed by atoms with van der Waals surface area (Å²) in [4.78, 5) is 0. The van der Waals surface area contributed by atoms with Crippen LogP contribution < -0.4 is 0 Å². The Hall–Kier alpha value is -0.680. The van der Waals surface area contributed by atoms with Crippen LogP contribution in [0.2, 0.25) is 0 Å². The smallest absolute Gasteiger partial charge is 0.170 e. The monoisotopic (exact) mass is 224 g/mol. The van der Waals surface area contributed by atoms with Crippen molar-refractivity contribution in [3.63, 3.8) is 0 Å². The summed E-state index contributed by atoms with van der Waals surface area (Å²) in [5.41, 5.74) is 0. The first-order valence-corrected chi connectivity index (χ1v) is 3.29. The van der Waals surface area contributed by atoms with Gasteiger partial charge in [-0.15, -0.1) is 0 Å². The highest BCUT2D eigenvalue weighted by Gasteiger charge is 2.44. The summed E-state index contributed by atoms with van der Waals surface area (Å²) in [6.45, 7) is 0. The molecule has 0 radical (unpaired) electrons. The van der Waals surface area contributed by atoms with Gasteiger partial charge in [0.05, 0.1) is 11.8 Å². The van der Waals surface area contributed by atoms with Crippen molar-refractivity contribution >= 4 is 0 Å². The summed E-state index contributed by atoms with van der Waals surface area (Å²) < 4.78 is 119. The van der Waals surface area contributed by atoms with Gasteiger partial charge in [0, 0.05) is 8.22 Å². The van der Waals surface area contributed by atoms with Crippen LogP contribution in [0.3, 0.4) is 0 Å². The first-order valence-electron chi connectivity index (χ1n) is 6.29. The van der Waals surface area contributed by atoms with Crippen LogP contribution in [-0.4, -0.2) is 12.4 Å². The maximum Gasteiger partial charge on any atom is 0.395 e. The molecule has 0 saturated heterocycles. The lowest BCUT2D eigenvalue weighted by atomic mass is 9.88. The third-order valence-corrected chi connectivity index (χ3v) is 1.36. The Balaban J connectivity index is 3.67. The van der Waals surface area contributed by atoms with E-state index in [-0.39, 0.29) is 0 Å². The van der Waals surface area contributed by atoms with Crippen LogP contribution in [0.1, 0.15) is 21.0 Å². The average Bonchev–Trinajstić information content (AvgIpc) is 2.19. The Morgan fingerprint density at radius 1 is 0.929 bits per heavy atom. The predicted molar refractivity (Wildman–Crippen MR) is 37.5 cm³/mol. The molecule has 0 nitrogen and oxygen atoms in total. The minimum Gasteiger partial charge on any atom is -0.170 e. The van der Waals surface area contributed by atoms with E-state index in [9.17, 15) is 26.3 Å². The third kappa shape index (κ3) is 2.65. The molecular formula is C8H8F6. The second-order valence-corrected chi connectivity index (χ2v) is 2.41. The number of rotatable bonds is 0. The summed E-state index contributed by atoms with van der Waals surface area (Å²) in [6.07, 6.45) is -20.8. The summed E-state index contributed by atoms with van der Waals surface area (Å²) in [6, 6.07) is 0. The SMILES string of the molecule is [2H]C1([2H])C([2H])([2H])C([2H])(C(F)(F)F)C=CC1([2H])C(F)(F)F. The van der Waals surface area contributed by atoms with Crippen molar-refractivity contribution in [3.8, 4) is 0 Å². The molecule has 0 spiro atoms. The normalized spacial score (nSPS) is 53.3. The van der Waals surface area contributed by atoms with E-state index in [1.165, 1.54) is 0 Å². The Morgan fingerprint density at radius 3 is 1.43 bits per heavy atom. The lowest BCUT2D eigenvalue weighted by molar-refractivity contribution is -0.183. The Morgan fingerprint density at radius 2 is 1.21 bits per heavy atom. The van der Waals surface area contributed by atoms with E-state index in [2.05, 4.69) is 0 Å². The van der Waals surface area contributed by atoms with Crippen LogP contribution in [0.15, 0.2) is 12.2 Å². The molecule has 2 unspecified atom stereocenters. The molecule has 0 aliphatic heterocycles. The van der Waals surface area contributed by atoms with E-state index in [4.69, 9.17) is 8.22 Å². The molecule has 0 heterocycles. The van der Waals surface area contributed by atoms with Crippen molar-refractivity contribution in [2.24, 2.45) is 11.8 Å². The zero-order valence-electron chi connectivity index (χ0n) is 12.4. The fourth-order valence-electron chi connectivity index (χ4n) is 0.715. The minimum absolute atomic E-state index is 0.450. The average molecular weight is 224 g/mol. The highest BCUT2D eigenvalue weighted by Crippen LogP contribution is 2.40. The highest BCUT2D eigenvalue weighted by atomic mass is 19.4. The zero-order chi connectivity index (χ0) is 16.4. The van der Waals surface area contributed by atoms with Crippen LogP contribution >= 0.6 is 0 Å². The molecule has 2 atom stereocenters. The molecule has 1 aliphatic carbocycles. The second-order valence-electron chi connectivity index (χ2n) is 2.41. The van der Waals surface area contributed by atoms with Gasteiger partial charge in [-0.3, -0.25) is 0 Å². The molecule has 0 saturated carbocycles. The van der Waals surface area contributed by atoms with Gasteiger partial charge in [0.1, 0.15) is 0 Å². The number of hydrogen-bond donors (Lipinski definition) is 0. The van der Waals surface area contributed by atoms with Gasteiger partial charge in [-0.05, 0) is 12.7 Å². The fourth-order valence-corrected chi connectivity index (χ4v) is 0.715. The van der Waals surface area contributed by atoms with Gasteiger partial charge in [0.2, 0.25) is 0 Å². The first kappa shape index (κ1) is 5.42. The molecular weight excluding hydrogens is 210 g/mol. The molecule has 0 amide bonds. The van der Waals surface area contributed by atoms with E-state index in [1.807, 2.05) is 0 Å². The quantitative estimate of drug-likeness (QED) is 0.434. The highest BCUT2D eigenvalue weighted by molar-refractivity contribution is 5.02. The topological polar surface area (TPSA) is 0 Å². The van der Waals surface area contributed by atoms with Crippen molar-refractivity contribution in [1.29, 1.82) is 0 Å². The molecule has 0 aromatic heterocycles. The summed E-state index contributed by atoms with van der Waals surface area (Å²) in [5.74, 6) is -8.45. The third-order valence-electron chi connectivity index (χ3n) is 1.36. The number of alkyl halides is 6. The van der Waals surface area contributed by atoms with Crippen molar-refractivity contribution in [2.45, 2.75) is 25.1 Å². The number of allylic oxidation sites excluding steroid dienone is 2. The van der Waals surface area contributed by atoms with Crippen LogP contribution in [0.4, 0.5) is 26.3 Å². The standard InChI is InChI=1S/C8H8F6/c9-7(10,11)5-1-2-6(4-3-5)8(12,13)14/h1-2,5-6H,3-4H2/i3D2,4D2,5D,6D. The van der Waals surface area contributed by atoms with Gasteiger partial charge in [-0.2, -0.15) is 26.3 Å². The lowest BCUT2D eigenvalue weighted by Crippen LogP contribution is -2.29. The van der Waals surface area contributed by atoms with Crippen LogP contribution in [0.5, 0.6) is 0 Å². The maximum absolute atomic E-state index is 12.7. The minimum atomic E-state index is -5.65. The van der Waals surface area contributed by atoms with Crippen molar-refractivity contribution in [3.05, 3.63) is 12.2 Å². The van der Waals surface area contributed by atoms with Crippen molar-refractivity contribution < 1.29 is 34.6 Å². The van der Waals surface area contributed by atoms with E-state index in [0.717, 1.165) is 0 Å². The molecule has 6 heteroatoms. The van der Waals surface area contributed by atoms with Gasteiger partial charge >= 0.3 is 12.4 Å². The Labute approximate surface area is 85.0 Å². The molecule has 0 aromatic rings. The van der Waals surface area contributed by atoms with Crippen LogP contribution in [-0.2, 0) is 0 Å². The molecule has 0 bridgehead atoms. The summed E-state index contributed by atoms with van der Waals surface area (Å²) in [7, 11) is 0. The fraction of sp³-hybridized carbons (Fsp3) is 0.750. The molecule has 0 N–H and O–H groups in total. The molecule has 1 rings (SSSR count). The van der Waals surface area contributed by atoms with Gasteiger partial charge in [0.25, 0.3) is 0 Å². The molecule has 14 heavy (non-hydrogen) atoms. The zero-order valence-corrected chi connectivity index (χ0v) is 6.42. The molecule has 0 fully saturated rings. The van der Waals surface area contributed by atoms with E-state index < -0.39 is 49.0 Å². The second kappa shape index (κ2) is 3.47. The molecule has 1 aliphatic rings. The maximum atomic E-state index is 12.7. The number of halogens is 6. The molecule has 82 valence electrons. The van der Waals surface area contributed by atoms with E-state index in [0.29, 0.717) is 0 Å². The summed E-state index contributed by atoms with van der Waals surface area (Å²) >= 11 is 0. The van der Waals surface area contributed by atoms with Crippen LogP contribution in [0.25, 0.3) is 0 Å². The van der Waals surface area contributed by atoms with Crippen molar-refractivity contribution in [2.75, 3.05) is 0 Å². The van der Waals surface area contributed by atoms with Gasteiger partial charge in [-0.25, -0.2) is 0 Å². The van der Waals surface area contributed by atoms with Crippen LogP contribution in [0, 0.1) is 11.8 Å². The van der Waals surface area contributed by atoms with E-state index >= 15 is 0 Å². The lowest BCUT2D eigenvalue weighted by Gasteiger charge is -2.25. The van der Waals surface area contributed by atoms with Gasteiger partial charge < -0.3 is 0 Å². The predicted octanol–water partition coefficient (Wildman–Crippen LogP) is 3.69. The number of hydrogen-bond acceptors (Lipinski definition) is 0.